The minimum atomic E-state index is 0.646. The number of benzene rings is 5. The van der Waals surface area contributed by atoms with Crippen molar-refractivity contribution in [1.82, 2.24) is 14.5 Å². The highest BCUT2D eigenvalue weighted by Crippen LogP contribution is 2.40. The van der Waals surface area contributed by atoms with Gasteiger partial charge < -0.3 is 4.42 Å². The van der Waals surface area contributed by atoms with Crippen molar-refractivity contribution >= 4 is 33.1 Å². The Hall–Kier alpha value is -5.48. The van der Waals surface area contributed by atoms with Gasteiger partial charge >= 0.3 is 0 Å². The number of imidazole rings is 1. The summed E-state index contributed by atoms with van der Waals surface area (Å²) >= 11 is 0. The molecule has 0 aliphatic heterocycles. The molecular formula is C37H25N3O. The van der Waals surface area contributed by atoms with Gasteiger partial charge in [0, 0.05) is 22.0 Å². The van der Waals surface area contributed by atoms with E-state index in [2.05, 4.69) is 131 Å². The van der Waals surface area contributed by atoms with Crippen molar-refractivity contribution in [1.29, 1.82) is 0 Å². The summed E-state index contributed by atoms with van der Waals surface area (Å²) in [6, 6.07) is 46.5. The highest BCUT2D eigenvalue weighted by molar-refractivity contribution is 6.08. The molecule has 41 heavy (non-hydrogen) atoms. The molecule has 3 aromatic heterocycles. The van der Waals surface area contributed by atoms with Crippen LogP contribution in [-0.4, -0.2) is 14.5 Å². The lowest BCUT2D eigenvalue weighted by Crippen LogP contribution is -2.01. The number of aryl methyl sites for hydroxylation is 1. The van der Waals surface area contributed by atoms with Crippen molar-refractivity contribution in [2.24, 2.45) is 0 Å². The first-order valence-corrected chi connectivity index (χ1v) is 13.8. The van der Waals surface area contributed by atoms with Gasteiger partial charge in [0.2, 0.25) is 5.71 Å². The molecular weight excluding hydrogens is 502 g/mol. The summed E-state index contributed by atoms with van der Waals surface area (Å²) in [5.74, 6) is 0.831. The lowest BCUT2D eigenvalue weighted by atomic mass is 9.97. The number of furan rings is 1. The van der Waals surface area contributed by atoms with Crippen LogP contribution in [0.25, 0.3) is 72.4 Å². The van der Waals surface area contributed by atoms with Crippen LogP contribution < -0.4 is 0 Å². The van der Waals surface area contributed by atoms with Gasteiger partial charge in [-0.25, -0.2) is 9.97 Å². The number of pyridine rings is 1. The molecule has 194 valence electrons. The minimum absolute atomic E-state index is 0.646. The Balaban J connectivity index is 1.44. The third-order valence-electron chi connectivity index (χ3n) is 7.73. The SMILES string of the molecule is Cc1ccc2c(n1)oc1c(-c3nc4ccccc4n3-c3ccc(-c4ccccc4)cc3-c3ccccc3)cccc12. The molecule has 8 rings (SSSR count). The molecule has 0 amide bonds. The van der Waals surface area contributed by atoms with Crippen molar-refractivity contribution in [2.45, 2.75) is 6.92 Å². The summed E-state index contributed by atoms with van der Waals surface area (Å²) in [5, 5.41) is 2.04. The van der Waals surface area contributed by atoms with Crippen LogP contribution in [0.1, 0.15) is 5.69 Å². The molecule has 0 saturated heterocycles. The summed E-state index contributed by atoms with van der Waals surface area (Å²) in [6.45, 7) is 1.98. The van der Waals surface area contributed by atoms with Gasteiger partial charge in [-0.05, 0) is 66.1 Å². The highest BCUT2D eigenvalue weighted by atomic mass is 16.3. The molecule has 4 nitrogen and oxygen atoms in total. The van der Waals surface area contributed by atoms with Gasteiger partial charge in [-0.2, -0.15) is 0 Å². The standard InChI is InChI=1S/C37H25N3O/c1-24-19-21-29-28-15-10-16-30(35(28)41-37(29)38-24)36-39-32-17-8-9-18-34(32)40(36)33-22-20-27(25-11-4-2-5-12-25)23-31(33)26-13-6-3-7-14-26/h2-23H,1H3. The number of hydrogen-bond donors (Lipinski definition) is 0. The van der Waals surface area contributed by atoms with E-state index in [1.807, 2.05) is 19.1 Å². The van der Waals surface area contributed by atoms with Crippen LogP contribution in [0.5, 0.6) is 0 Å². The Morgan fingerprint density at radius 3 is 2.15 bits per heavy atom. The third-order valence-corrected chi connectivity index (χ3v) is 7.73. The molecule has 0 fully saturated rings. The van der Waals surface area contributed by atoms with Crippen LogP contribution in [0.2, 0.25) is 0 Å². The Bertz CT molecular complexity index is 2210. The van der Waals surface area contributed by atoms with Crippen LogP contribution in [0.3, 0.4) is 0 Å². The van der Waals surface area contributed by atoms with Crippen LogP contribution in [0, 0.1) is 6.92 Å². The van der Waals surface area contributed by atoms with E-state index in [1.54, 1.807) is 0 Å². The molecule has 0 unspecified atom stereocenters. The first-order chi connectivity index (χ1) is 20.2. The van der Waals surface area contributed by atoms with E-state index in [0.29, 0.717) is 5.71 Å². The molecule has 0 aliphatic carbocycles. The van der Waals surface area contributed by atoms with Gasteiger partial charge in [0.1, 0.15) is 11.4 Å². The Morgan fingerprint density at radius 1 is 0.561 bits per heavy atom. The van der Waals surface area contributed by atoms with Crippen molar-refractivity contribution in [3.63, 3.8) is 0 Å². The lowest BCUT2D eigenvalue weighted by molar-refractivity contribution is 0.653. The highest BCUT2D eigenvalue weighted by Gasteiger charge is 2.22. The zero-order chi connectivity index (χ0) is 27.3. The smallest absolute Gasteiger partial charge is 0.227 e. The fraction of sp³-hybridized carbons (Fsp3) is 0.0270. The minimum Gasteiger partial charge on any atom is -0.437 e. The average molecular weight is 528 g/mol. The summed E-state index contributed by atoms with van der Waals surface area (Å²) in [4.78, 5) is 9.86. The van der Waals surface area contributed by atoms with Gasteiger partial charge in [-0.3, -0.25) is 4.57 Å². The van der Waals surface area contributed by atoms with E-state index in [4.69, 9.17) is 9.40 Å². The van der Waals surface area contributed by atoms with E-state index in [9.17, 15) is 0 Å². The Morgan fingerprint density at radius 2 is 1.32 bits per heavy atom. The lowest BCUT2D eigenvalue weighted by Gasteiger charge is -2.17. The average Bonchev–Trinajstić information content (AvgIpc) is 3.59. The zero-order valence-corrected chi connectivity index (χ0v) is 22.5. The molecule has 0 bridgehead atoms. The maximum atomic E-state index is 6.43. The topological polar surface area (TPSA) is 43.9 Å². The summed E-state index contributed by atoms with van der Waals surface area (Å²) in [7, 11) is 0. The second-order valence-corrected chi connectivity index (χ2v) is 10.3. The van der Waals surface area contributed by atoms with E-state index >= 15 is 0 Å². The second-order valence-electron chi connectivity index (χ2n) is 10.3. The monoisotopic (exact) mass is 527 g/mol. The van der Waals surface area contributed by atoms with E-state index < -0.39 is 0 Å². The summed E-state index contributed by atoms with van der Waals surface area (Å²) < 4.78 is 8.70. The van der Waals surface area contributed by atoms with E-state index in [-0.39, 0.29) is 0 Å². The molecule has 0 aliphatic rings. The van der Waals surface area contributed by atoms with Gasteiger partial charge in [0.15, 0.2) is 0 Å². The van der Waals surface area contributed by atoms with Crippen LogP contribution in [0.4, 0.5) is 0 Å². The number of hydrogen-bond acceptors (Lipinski definition) is 3. The van der Waals surface area contributed by atoms with Crippen molar-refractivity contribution in [2.75, 3.05) is 0 Å². The third kappa shape index (κ3) is 3.84. The molecule has 4 heteroatoms. The second kappa shape index (κ2) is 9.32. The van der Waals surface area contributed by atoms with Gasteiger partial charge in [-0.1, -0.05) is 91.0 Å². The van der Waals surface area contributed by atoms with Crippen molar-refractivity contribution < 1.29 is 4.42 Å². The number of nitrogens with zero attached hydrogens (tertiary/aromatic N) is 3. The Kier molecular flexibility index (Phi) is 5.32. The summed E-state index contributed by atoms with van der Waals surface area (Å²) in [6.07, 6.45) is 0. The van der Waals surface area contributed by atoms with E-state index in [0.717, 1.165) is 61.3 Å². The molecule has 3 heterocycles. The summed E-state index contributed by atoms with van der Waals surface area (Å²) in [5.41, 5.74) is 10.9. The fourth-order valence-corrected chi connectivity index (χ4v) is 5.79. The van der Waals surface area contributed by atoms with Crippen LogP contribution in [-0.2, 0) is 0 Å². The molecule has 8 aromatic rings. The van der Waals surface area contributed by atoms with Crippen molar-refractivity contribution in [3.8, 4) is 39.3 Å². The Labute approximate surface area is 237 Å². The first-order valence-electron chi connectivity index (χ1n) is 13.8. The molecule has 0 N–H and O–H groups in total. The number of para-hydroxylation sites is 3. The fourth-order valence-electron chi connectivity index (χ4n) is 5.79. The van der Waals surface area contributed by atoms with Gasteiger partial charge in [0.05, 0.1) is 22.3 Å². The molecule has 0 radical (unpaired) electrons. The van der Waals surface area contributed by atoms with Crippen molar-refractivity contribution in [3.05, 3.63) is 139 Å². The molecule has 0 spiro atoms. The largest absolute Gasteiger partial charge is 0.437 e. The van der Waals surface area contributed by atoms with Gasteiger partial charge in [-0.15, -0.1) is 0 Å². The zero-order valence-electron chi connectivity index (χ0n) is 22.5. The number of rotatable bonds is 4. The maximum absolute atomic E-state index is 6.43. The maximum Gasteiger partial charge on any atom is 0.227 e. The quantitative estimate of drug-likeness (QED) is 0.229. The number of aromatic nitrogens is 3. The first kappa shape index (κ1) is 23.4. The number of fused-ring (bicyclic) bond motifs is 4. The normalized spacial score (nSPS) is 11.5. The van der Waals surface area contributed by atoms with Crippen LogP contribution >= 0.6 is 0 Å². The van der Waals surface area contributed by atoms with Crippen LogP contribution in [0.15, 0.2) is 138 Å². The molecule has 0 saturated carbocycles. The van der Waals surface area contributed by atoms with E-state index in [1.165, 1.54) is 11.1 Å². The predicted molar refractivity (Wildman–Crippen MR) is 167 cm³/mol. The predicted octanol–water partition coefficient (Wildman–Crippen LogP) is 9.63. The molecule has 0 atom stereocenters. The molecule has 5 aromatic carbocycles. The van der Waals surface area contributed by atoms with Gasteiger partial charge in [0.25, 0.3) is 0 Å².